The fraction of sp³-hybridized carbons (Fsp3) is 0.364. The molecule has 1 N–H and O–H groups in total. The molecule has 3 aromatic rings. The molecule has 0 saturated carbocycles. The average molecular weight is 429 g/mol. The van der Waals surface area contributed by atoms with Gasteiger partial charge in [0, 0.05) is 62.6 Å². The second-order valence-electron chi connectivity index (χ2n) is 7.98. The monoisotopic (exact) mass is 429 g/mol. The lowest BCUT2D eigenvalue weighted by Crippen LogP contribution is -2.50. The van der Waals surface area contributed by atoms with Crippen molar-refractivity contribution in [1.82, 2.24) is 14.9 Å². The molecule has 0 atom stereocenters. The van der Waals surface area contributed by atoms with Gasteiger partial charge in [-0.1, -0.05) is 6.07 Å². The summed E-state index contributed by atoms with van der Waals surface area (Å²) in [5, 5.41) is 4.61. The molecule has 0 unspecified atom stereocenters. The molecule has 0 bridgehead atoms. The summed E-state index contributed by atoms with van der Waals surface area (Å²) in [5.41, 5.74) is 3.79. The van der Waals surface area contributed by atoms with Crippen molar-refractivity contribution in [2.45, 2.75) is 19.1 Å². The molecule has 1 fully saturated rings. The van der Waals surface area contributed by atoms with E-state index in [1.54, 1.807) is 9.80 Å². The van der Waals surface area contributed by atoms with Crippen molar-refractivity contribution in [2.75, 3.05) is 36.0 Å². The number of nitrogens with zero attached hydrogens (tertiary/aromatic N) is 4. The molecule has 31 heavy (non-hydrogen) atoms. The topological polar surface area (TPSA) is 53.4 Å². The third-order valence-corrected chi connectivity index (χ3v) is 6.19. The minimum absolute atomic E-state index is 0.0734. The Labute approximate surface area is 177 Å². The number of anilines is 2. The van der Waals surface area contributed by atoms with E-state index in [9.17, 15) is 18.0 Å². The van der Waals surface area contributed by atoms with Gasteiger partial charge in [-0.05, 0) is 29.8 Å². The van der Waals surface area contributed by atoms with E-state index >= 15 is 0 Å². The van der Waals surface area contributed by atoms with E-state index in [2.05, 4.69) is 34.0 Å². The zero-order valence-electron chi connectivity index (χ0n) is 17.0. The molecular formula is C22H22F3N5O. The molecule has 162 valence electrons. The van der Waals surface area contributed by atoms with Crippen LogP contribution in [0.4, 0.5) is 24.7 Å². The van der Waals surface area contributed by atoms with Crippen molar-refractivity contribution in [1.29, 1.82) is 0 Å². The molecule has 2 aliphatic heterocycles. The van der Waals surface area contributed by atoms with Crippen molar-refractivity contribution in [3.8, 4) is 0 Å². The van der Waals surface area contributed by atoms with Gasteiger partial charge in [0.2, 0.25) is 5.91 Å². The number of hydrogen-bond donors (Lipinski definition) is 1. The van der Waals surface area contributed by atoms with Gasteiger partial charge < -0.3 is 19.7 Å². The standard InChI is InChI=1S/C22H22F3N5O/c1-28-18-6-7-26-12-17(18)16-4-3-15(10-19(16)28)30-9-8-29(13-21(30)31)20-5-2-14(11-27-20)22(23,24)25/h2-5,10-11,26H,6-9,12-13H2,1H3. The highest BCUT2D eigenvalue weighted by molar-refractivity contribution is 6.00. The predicted molar refractivity (Wildman–Crippen MR) is 112 cm³/mol. The molecular weight excluding hydrogens is 407 g/mol. The van der Waals surface area contributed by atoms with Gasteiger partial charge in [0.05, 0.1) is 17.6 Å². The molecule has 1 amide bonds. The number of benzene rings is 1. The number of alkyl halides is 3. The maximum atomic E-state index is 12.9. The summed E-state index contributed by atoms with van der Waals surface area (Å²) < 4.78 is 40.5. The van der Waals surface area contributed by atoms with E-state index in [4.69, 9.17) is 0 Å². The number of pyridine rings is 1. The Morgan fingerprint density at radius 3 is 2.68 bits per heavy atom. The maximum Gasteiger partial charge on any atom is 0.417 e. The van der Waals surface area contributed by atoms with Crippen LogP contribution >= 0.6 is 0 Å². The van der Waals surface area contributed by atoms with Crippen LogP contribution in [0.3, 0.4) is 0 Å². The molecule has 0 aliphatic carbocycles. The van der Waals surface area contributed by atoms with Gasteiger partial charge in [-0.2, -0.15) is 13.2 Å². The normalized spacial score (nSPS) is 17.4. The van der Waals surface area contributed by atoms with Crippen molar-refractivity contribution in [2.24, 2.45) is 7.05 Å². The average Bonchev–Trinajstić information content (AvgIpc) is 3.05. The summed E-state index contributed by atoms with van der Waals surface area (Å²) in [5.74, 6) is 0.270. The number of hydrogen-bond acceptors (Lipinski definition) is 4. The lowest BCUT2D eigenvalue weighted by Gasteiger charge is -2.35. The fourth-order valence-corrected chi connectivity index (χ4v) is 4.54. The molecule has 0 radical (unpaired) electrons. The molecule has 5 rings (SSSR count). The number of piperazine rings is 1. The Hall–Kier alpha value is -3.07. The molecule has 1 aromatic carbocycles. The summed E-state index contributed by atoms with van der Waals surface area (Å²) in [6.45, 7) is 2.82. The van der Waals surface area contributed by atoms with Gasteiger partial charge >= 0.3 is 6.18 Å². The van der Waals surface area contributed by atoms with Crippen LogP contribution in [-0.4, -0.2) is 41.6 Å². The quantitative estimate of drug-likeness (QED) is 0.680. The summed E-state index contributed by atoms with van der Waals surface area (Å²) in [6, 6.07) is 8.42. The van der Waals surface area contributed by atoms with E-state index in [-0.39, 0.29) is 12.5 Å². The minimum atomic E-state index is -4.43. The highest BCUT2D eigenvalue weighted by Gasteiger charge is 2.32. The van der Waals surface area contributed by atoms with Crippen LogP contribution in [0, 0.1) is 0 Å². The van der Waals surface area contributed by atoms with Gasteiger partial charge in [0.25, 0.3) is 0 Å². The highest BCUT2D eigenvalue weighted by Crippen LogP contribution is 2.32. The Bertz CT molecular complexity index is 1150. The summed E-state index contributed by atoms with van der Waals surface area (Å²) in [6.07, 6.45) is -2.63. The van der Waals surface area contributed by atoms with E-state index in [0.29, 0.717) is 18.9 Å². The Kier molecular flexibility index (Phi) is 4.65. The molecule has 1 saturated heterocycles. The zero-order valence-corrected chi connectivity index (χ0v) is 17.0. The first-order valence-corrected chi connectivity index (χ1v) is 10.2. The van der Waals surface area contributed by atoms with Crippen LogP contribution in [-0.2, 0) is 31.0 Å². The first-order chi connectivity index (χ1) is 14.8. The van der Waals surface area contributed by atoms with Gasteiger partial charge in [-0.3, -0.25) is 4.79 Å². The number of carbonyl (C=O) groups excluding carboxylic acids is 1. The Morgan fingerprint density at radius 2 is 1.97 bits per heavy atom. The van der Waals surface area contributed by atoms with Gasteiger partial charge in [0.1, 0.15) is 5.82 Å². The maximum absolute atomic E-state index is 12.9. The van der Waals surface area contributed by atoms with Gasteiger partial charge in [-0.15, -0.1) is 0 Å². The number of halogens is 3. The van der Waals surface area contributed by atoms with E-state index < -0.39 is 11.7 Å². The van der Waals surface area contributed by atoms with Crippen LogP contribution in [0.2, 0.25) is 0 Å². The number of rotatable bonds is 2. The minimum Gasteiger partial charge on any atom is -0.347 e. The van der Waals surface area contributed by atoms with Crippen LogP contribution in [0.15, 0.2) is 36.5 Å². The van der Waals surface area contributed by atoms with Crippen LogP contribution < -0.4 is 15.1 Å². The third-order valence-electron chi connectivity index (χ3n) is 6.19. The van der Waals surface area contributed by atoms with E-state index in [1.807, 2.05) is 6.07 Å². The second-order valence-corrected chi connectivity index (χ2v) is 7.98. The third kappa shape index (κ3) is 3.42. The van der Waals surface area contributed by atoms with Crippen LogP contribution in [0.1, 0.15) is 16.8 Å². The predicted octanol–water partition coefficient (Wildman–Crippen LogP) is 3.09. The highest BCUT2D eigenvalue weighted by atomic mass is 19.4. The summed E-state index contributed by atoms with van der Waals surface area (Å²) >= 11 is 0. The molecule has 9 heteroatoms. The van der Waals surface area contributed by atoms with E-state index in [0.717, 1.165) is 43.0 Å². The molecule has 4 heterocycles. The fourth-order valence-electron chi connectivity index (χ4n) is 4.54. The zero-order chi connectivity index (χ0) is 21.8. The molecule has 6 nitrogen and oxygen atoms in total. The lowest BCUT2D eigenvalue weighted by molar-refractivity contribution is -0.137. The van der Waals surface area contributed by atoms with E-state index in [1.165, 1.54) is 22.7 Å². The van der Waals surface area contributed by atoms with Crippen LogP contribution in [0.5, 0.6) is 0 Å². The SMILES string of the molecule is Cn1c2c(c3ccc(N4CCN(c5ccc(C(F)(F)F)cn5)CC4=O)cc31)CNCC2. The molecule has 2 aromatic heterocycles. The summed E-state index contributed by atoms with van der Waals surface area (Å²) in [7, 11) is 2.06. The second kappa shape index (κ2) is 7.26. The molecule has 2 aliphatic rings. The van der Waals surface area contributed by atoms with Crippen molar-refractivity contribution >= 4 is 28.3 Å². The molecule has 0 spiro atoms. The first kappa shape index (κ1) is 19.9. The first-order valence-electron chi connectivity index (χ1n) is 10.2. The van der Waals surface area contributed by atoms with Gasteiger partial charge in [-0.25, -0.2) is 4.98 Å². The number of carbonyl (C=O) groups is 1. The van der Waals surface area contributed by atoms with Crippen LogP contribution in [0.25, 0.3) is 10.9 Å². The van der Waals surface area contributed by atoms with Crippen molar-refractivity contribution < 1.29 is 18.0 Å². The number of aromatic nitrogens is 2. The number of nitrogens with one attached hydrogen (secondary N) is 1. The van der Waals surface area contributed by atoms with Crippen molar-refractivity contribution in [3.63, 3.8) is 0 Å². The number of fused-ring (bicyclic) bond motifs is 3. The largest absolute Gasteiger partial charge is 0.417 e. The Balaban J connectivity index is 1.37. The Morgan fingerprint density at radius 1 is 1.13 bits per heavy atom. The lowest BCUT2D eigenvalue weighted by atomic mass is 10.1. The smallest absolute Gasteiger partial charge is 0.347 e. The number of aryl methyl sites for hydroxylation is 1. The number of amides is 1. The van der Waals surface area contributed by atoms with Gasteiger partial charge in [0.15, 0.2) is 0 Å². The summed E-state index contributed by atoms with van der Waals surface area (Å²) in [4.78, 5) is 20.2. The van der Waals surface area contributed by atoms with Crippen molar-refractivity contribution in [3.05, 3.63) is 53.3 Å².